The highest BCUT2D eigenvalue weighted by atomic mass is 32.2. The minimum Gasteiger partial charge on any atom is -0.480 e. The van der Waals surface area contributed by atoms with E-state index in [4.69, 9.17) is 0 Å². The molecule has 0 radical (unpaired) electrons. The van der Waals surface area contributed by atoms with Gasteiger partial charge in [-0.2, -0.15) is 24.4 Å². The number of hydrogen-bond donors (Lipinski definition) is 4. The highest BCUT2D eigenvalue weighted by Gasteiger charge is 2.39. The standard InChI is InChI=1S/C22H33N3O4S2/c1-14(2)19(23-9-10-30)21(27)25-13-16-7-5-4-6-15(16)12-18(25)20(26)24-17(22(28)29)8-11-31-3/h4-7,14,17-19,23,30H,8-13H2,1-3H3,(H,24,26)(H,28,29)/t17-,18+,19-/m0/s1. The third-order valence-electron chi connectivity index (χ3n) is 5.47. The van der Waals surface area contributed by atoms with Crippen molar-refractivity contribution in [3.63, 3.8) is 0 Å². The Balaban J connectivity index is 2.30. The van der Waals surface area contributed by atoms with Gasteiger partial charge in [0.05, 0.1) is 6.04 Å². The number of carbonyl (C=O) groups is 3. The molecule has 9 heteroatoms. The number of carbonyl (C=O) groups excluding carboxylic acids is 2. The fraction of sp³-hybridized carbons (Fsp3) is 0.591. The zero-order valence-electron chi connectivity index (χ0n) is 18.3. The highest BCUT2D eigenvalue weighted by molar-refractivity contribution is 7.98. The first-order valence-corrected chi connectivity index (χ1v) is 12.6. The molecule has 0 spiro atoms. The van der Waals surface area contributed by atoms with E-state index in [9.17, 15) is 19.5 Å². The molecule has 1 aromatic rings. The van der Waals surface area contributed by atoms with Crippen LogP contribution < -0.4 is 10.6 Å². The summed E-state index contributed by atoms with van der Waals surface area (Å²) < 4.78 is 0. The second-order valence-electron chi connectivity index (χ2n) is 8.04. The number of thioether (sulfide) groups is 1. The number of hydrogen-bond acceptors (Lipinski definition) is 6. The van der Waals surface area contributed by atoms with E-state index >= 15 is 0 Å². The number of rotatable bonds is 11. The molecule has 1 aliphatic heterocycles. The molecule has 3 atom stereocenters. The van der Waals surface area contributed by atoms with Crippen molar-refractivity contribution in [3.8, 4) is 0 Å². The summed E-state index contributed by atoms with van der Waals surface area (Å²) in [4.78, 5) is 39.9. The third kappa shape index (κ3) is 6.89. The Bertz CT molecular complexity index is 775. The van der Waals surface area contributed by atoms with Gasteiger partial charge in [0.2, 0.25) is 11.8 Å². The maximum Gasteiger partial charge on any atom is 0.326 e. The lowest BCUT2D eigenvalue weighted by molar-refractivity contribution is -0.146. The van der Waals surface area contributed by atoms with Crippen molar-refractivity contribution in [1.29, 1.82) is 0 Å². The molecule has 7 nitrogen and oxygen atoms in total. The van der Waals surface area contributed by atoms with Crippen molar-refractivity contribution in [3.05, 3.63) is 35.4 Å². The van der Waals surface area contributed by atoms with Crippen LogP contribution in [0.25, 0.3) is 0 Å². The molecule has 0 fully saturated rings. The van der Waals surface area contributed by atoms with Gasteiger partial charge in [-0.25, -0.2) is 4.79 Å². The fourth-order valence-corrected chi connectivity index (χ4v) is 4.36. The van der Waals surface area contributed by atoms with E-state index in [2.05, 4.69) is 23.3 Å². The van der Waals surface area contributed by atoms with Crippen molar-refractivity contribution in [1.82, 2.24) is 15.5 Å². The SMILES string of the molecule is CSCC[C@H](NC(=O)[C@H]1Cc2ccccc2CN1C(=O)[C@@H](NCCS)C(C)C)C(=O)O. The average Bonchev–Trinajstić information content (AvgIpc) is 2.75. The molecule has 1 aliphatic rings. The molecule has 2 amide bonds. The van der Waals surface area contributed by atoms with Gasteiger partial charge in [-0.1, -0.05) is 38.1 Å². The first-order chi connectivity index (χ1) is 14.8. The second kappa shape index (κ2) is 12.4. The molecular formula is C22H33N3O4S2. The van der Waals surface area contributed by atoms with Crippen LogP contribution in [0.3, 0.4) is 0 Å². The number of carboxylic acid groups (broad SMARTS) is 1. The molecule has 0 bridgehead atoms. The lowest BCUT2D eigenvalue weighted by Crippen LogP contribution is -2.59. The number of aliphatic carboxylic acids is 1. The van der Waals surface area contributed by atoms with Gasteiger partial charge >= 0.3 is 5.97 Å². The molecule has 0 saturated carbocycles. The highest BCUT2D eigenvalue weighted by Crippen LogP contribution is 2.25. The Morgan fingerprint density at radius 2 is 1.94 bits per heavy atom. The molecule has 0 saturated heterocycles. The van der Waals surface area contributed by atoms with Gasteiger partial charge in [-0.05, 0) is 35.5 Å². The lowest BCUT2D eigenvalue weighted by atomic mass is 9.91. The summed E-state index contributed by atoms with van der Waals surface area (Å²) >= 11 is 5.75. The number of amides is 2. The van der Waals surface area contributed by atoms with Crippen molar-refractivity contribution in [2.24, 2.45) is 5.92 Å². The molecule has 31 heavy (non-hydrogen) atoms. The number of nitrogens with zero attached hydrogens (tertiary/aromatic N) is 1. The molecule has 1 aromatic carbocycles. The topological polar surface area (TPSA) is 98.7 Å². The van der Waals surface area contributed by atoms with Crippen molar-refractivity contribution in [2.45, 2.75) is 51.4 Å². The zero-order valence-corrected chi connectivity index (χ0v) is 20.0. The van der Waals surface area contributed by atoms with E-state index in [0.717, 1.165) is 11.1 Å². The van der Waals surface area contributed by atoms with Gasteiger partial charge < -0.3 is 20.6 Å². The molecular weight excluding hydrogens is 434 g/mol. The van der Waals surface area contributed by atoms with E-state index in [-0.39, 0.29) is 11.8 Å². The Hall–Kier alpha value is -1.71. The van der Waals surface area contributed by atoms with Crippen LogP contribution in [0.4, 0.5) is 0 Å². The number of carboxylic acids is 1. The van der Waals surface area contributed by atoms with E-state index in [1.165, 1.54) is 11.8 Å². The van der Waals surface area contributed by atoms with Crippen molar-refractivity contribution < 1.29 is 19.5 Å². The summed E-state index contributed by atoms with van der Waals surface area (Å²) in [5.41, 5.74) is 2.01. The van der Waals surface area contributed by atoms with Crippen LogP contribution in [0.5, 0.6) is 0 Å². The predicted molar refractivity (Wildman–Crippen MR) is 128 cm³/mol. The third-order valence-corrected chi connectivity index (χ3v) is 6.34. The normalized spacial score (nSPS) is 17.7. The molecule has 0 aliphatic carbocycles. The Kier molecular flexibility index (Phi) is 10.2. The summed E-state index contributed by atoms with van der Waals surface area (Å²) in [6.45, 7) is 4.82. The summed E-state index contributed by atoms with van der Waals surface area (Å²) in [5.74, 6) is -0.390. The van der Waals surface area contributed by atoms with Gasteiger partial charge in [-0.3, -0.25) is 9.59 Å². The molecule has 172 valence electrons. The smallest absolute Gasteiger partial charge is 0.326 e. The molecule has 2 rings (SSSR count). The first kappa shape index (κ1) is 25.5. The van der Waals surface area contributed by atoms with Gasteiger partial charge in [0.15, 0.2) is 0 Å². The first-order valence-electron chi connectivity index (χ1n) is 10.5. The Morgan fingerprint density at radius 1 is 1.26 bits per heavy atom. The Morgan fingerprint density at radius 3 is 2.52 bits per heavy atom. The van der Waals surface area contributed by atoms with Gasteiger partial charge in [-0.15, -0.1) is 0 Å². The van der Waals surface area contributed by atoms with E-state index < -0.39 is 30.0 Å². The van der Waals surface area contributed by atoms with E-state index in [1.54, 1.807) is 4.90 Å². The second-order valence-corrected chi connectivity index (χ2v) is 9.47. The summed E-state index contributed by atoms with van der Waals surface area (Å²) in [7, 11) is 0. The van der Waals surface area contributed by atoms with Crippen molar-refractivity contribution >= 4 is 42.2 Å². The van der Waals surface area contributed by atoms with Gasteiger partial charge in [0, 0.05) is 25.3 Å². The minimum absolute atomic E-state index is 0.0293. The van der Waals surface area contributed by atoms with E-state index in [0.29, 0.717) is 37.4 Å². The van der Waals surface area contributed by atoms with Crippen molar-refractivity contribution in [2.75, 3.05) is 24.3 Å². The molecule has 0 aromatic heterocycles. The van der Waals surface area contributed by atoms with Crippen LogP contribution in [-0.2, 0) is 27.3 Å². The molecule has 3 N–H and O–H groups in total. The maximum absolute atomic E-state index is 13.5. The quantitative estimate of drug-likeness (QED) is 0.371. The summed E-state index contributed by atoms with van der Waals surface area (Å²) in [6, 6.07) is 5.58. The minimum atomic E-state index is -1.06. The zero-order chi connectivity index (χ0) is 23.0. The summed E-state index contributed by atoms with van der Waals surface area (Å²) in [5, 5.41) is 15.4. The maximum atomic E-state index is 13.5. The number of nitrogens with one attached hydrogen (secondary N) is 2. The number of benzene rings is 1. The van der Waals surface area contributed by atoms with E-state index in [1.807, 2.05) is 44.4 Å². The van der Waals surface area contributed by atoms with Gasteiger partial charge in [0.1, 0.15) is 12.1 Å². The molecule has 1 heterocycles. The monoisotopic (exact) mass is 467 g/mol. The molecule has 0 unspecified atom stereocenters. The predicted octanol–water partition coefficient (Wildman–Crippen LogP) is 1.81. The average molecular weight is 468 g/mol. The largest absolute Gasteiger partial charge is 0.480 e. The van der Waals surface area contributed by atoms with Crippen LogP contribution in [0, 0.1) is 5.92 Å². The van der Waals surface area contributed by atoms with Crippen LogP contribution >= 0.6 is 24.4 Å². The lowest BCUT2D eigenvalue weighted by Gasteiger charge is -2.39. The fourth-order valence-electron chi connectivity index (χ4n) is 3.76. The van der Waals surface area contributed by atoms with Crippen LogP contribution in [0.1, 0.15) is 31.4 Å². The van der Waals surface area contributed by atoms with Gasteiger partial charge in [0.25, 0.3) is 0 Å². The van der Waals surface area contributed by atoms with Crippen LogP contribution in [-0.4, -0.2) is 70.2 Å². The Labute approximate surface area is 194 Å². The van der Waals surface area contributed by atoms with Crippen LogP contribution in [0.2, 0.25) is 0 Å². The number of thiol groups is 1. The summed E-state index contributed by atoms with van der Waals surface area (Å²) in [6.07, 6.45) is 2.58. The van der Waals surface area contributed by atoms with Crippen LogP contribution in [0.15, 0.2) is 24.3 Å². The number of fused-ring (bicyclic) bond motifs is 1.